The highest BCUT2D eigenvalue weighted by Gasteiger charge is 2.19. The van der Waals surface area contributed by atoms with Crippen molar-refractivity contribution in [2.75, 3.05) is 21.3 Å². The Morgan fingerprint density at radius 1 is 1.00 bits per heavy atom. The van der Waals surface area contributed by atoms with Crippen LogP contribution in [0.4, 0.5) is 4.39 Å². The van der Waals surface area contributed by atoms with Crippen LogP contribution in [0.3, 0.4) is 0 Å². The summed E-state index contributed by atoms with van der Waals surface area (Å²) in [4.78, 5) is 12.5. The van der Waals surface area contributed by atoms with Crippen LogP contribution in [0, 0.1) is 5.82 Å². The van der Waals surface area contributed by atoms with Crippen LogP contribution in [0.1, 0.15) is 28.9 Å². The van der Waals surface area contributed by atoms with E-state index in [9.17, 15) is 9.18 Å². The summed E-state index contributed by atoms with van der Waals surface area (Å²) < 4.78 is 29.1. The lowest BCUT2D eigenvalue weighted by Crippen LogP contribution is -2.27. The average molecular weight is 333 g/mol. The van der Waals surface area contributed by atoms with Gasteiger partial charge in [-0.05, 0) is 43.3 Å². The molecule has 0 aliphatic heterocycles. The normalized spacial score (nSPS) is 11.5. The lowest BCUT2D eigenvalue weighted by Gasteiger charge is -2.19. The van der Waals surface area contributed by atoms with Crippen LogP contribution in [0.25, 0.3) is 0 Å². The number of halogens is 1. The third-order valence-electron chi connectivity index (χ3n) is 3.66. The molecule has 5 nitrogen and oxygen atoms in total. The Hall–Kier alpha value is -2.76. The summed E-state index contributed by atoms with van der Waals surface area (Å²) in [6, 6.07) is 8.74. The number of nitrogens with one attached hydrogen (secondary N) is 1. The van der Waals surface area contributed by atoms with Gasteiger partial charge in [-0.25, -0.2) is 4.39 Å². The molecule has 0 spiro atoms. The first-order chi connectivity index (χ1) is 11.5. The highest BCUT2D eigenvalue weighted by molar-refractivity contribution is 5.97. The van der Waals surface area contributed by atoms with E-state index in [0.717, 1.165) is 11.6 Å². The molecule has 0 saturated heterocycles. The monoisotopic (exact) mass is 333 g/mol. The zero-order valence-electron chi connectivity index (χ0n) is 14.1. The van der Waals surface area contributed by atoms with Gasteiger partial charge in [0.15, 0.2) is 0 Å². The van der Waals surface area contributed by atoms with Crippen LogP contribution >= 0.6 is 0 Å². The maximum absolute atomic E-state index is 13.4. The van der Waals surface area contributed by atoms with Gasteiger partial charge < -0.3 is 19.5 Å². The van der Waals surface area contributed by atoms with E-state index in [1.807, 2.05) is 0 Å². The minimum Gasteiger partial charge on any atom is -0.497 e. The van der Waals surface area contributed by atoms with E-state index in [2.05, 4.69) is 5.32 Å². The third-order valence-corrected chi connectivity index (χ3v) is 3.66. The summed E-state index contributed by atoms with van der Waals surface area (Å²) in [7, 11) is 4.54. The molecule has 1 unspecified atom stereocenters. The van der Waals surface area contributed by atoms with E-state index >= 15 is 0 Å². The van der Waals surface area contributed by atoms with Crippen molar-refractivity contribution in [2.45, 2.75) is 13.0 Å². The molecule has 2 aromatic carbocycles. The van der Waals surface area contributed by atoms with Gasteiger partial charge in [0.25, 0.3) is 5.91 Å². The average Bonchev–Trinajstić information content (AvgIpc) is 2.60. The van der Waals surface area contributed by atoms with Crippen molar-refractivity contribution in [3.05, 3.63) is 53.3 Å². The number of hydrogen-bond donors (Lipinski definition) is 1. The minimum atomic E-state index is -0.507. The maximum atomic E-state index is 13.4. The van der Waals surface area contributed by atoms with Crippen molar-refractivity contribution in [3.8, 4) is 17.2 Å². The summed E-state index contributed by atoms with van der Waals surface area (Å²) >= 11 is 0. The second-order valence-electron chi connectivity index (χ2n) is 5.15. The first-order valence-corrected chi connectivity index (χ1v) is 7.36. The first kappa shape index (κ1) is 17.6. The van der Waals surface area contributed by atoms with Gasteiger partial charge in [0.2, 0.25) is 0 Å². The second kappa shape index (κ2) is 7.68. The Balaban J connectivity index is 2.28. The summed E-state index contributed by atoms with van der Waals surface area (Å²) in [5.74, 6) is 0.625. The lowest BCUT2D eigenvalue weighted by atomic mass is 10.1. The molecule has 6 heteroatoms. The molecule has 0 aromatic heterocycles. The van der Waals surface area contributed by atoms with Crippen LogP contribution in [-0.4, -0.2) is 27.2 Å². The summed E-state index contributed by atoms with van der Waals surface area (Å²) in [5.41, 5.74) is 0.881. The summed E-state index contributed by atoms with van der Waals surface area (Å²) in [6.07, 6.45) is 0. The minimum absolute atomic E-state index is 0.131. The number of carbonyl (C=O) groups is 1. The molecule has 24 heavy (non-hydrogen) atoms. The topological polar surface area (TPSA) is 56.8 Å². The molecule has 1 N–H and O–H groups in total. The molecular weight excluding hydrogens is 313 g/mol. The number of benzene rings is 2. The largest absolute Gasteiger partial charge is 0.497 e. The van der Waals surface area contributed by atoms with E-state index < -0.39 is 11.7 Å². The molecule has 0 heterocycles. The Morgan fingerprint density at radius 2 is 1.67 bits per heavy atom. The molecule has 1 amide bonds. The number of amides is 1. The van der Waals surface area contributed by atoms with Gasteiger partial charge in [-0.3, -0.25) is 4.79 Å². The van der Waals surface area contributed by atoms with Crippen molar-refractivity contribution in [1.82, 2.24) is 5.32 Å². The fourth-order valence-electron chi connectivity index (χ4n) is 2.39. The molecule has 1 atom stereocenters. The van der Waals surface area contributed by atoms with E-state index in [4.69, 9.17) is 14.2 Å². The number of rotatable bonds is 6. The van der Waals surface area contributed by atoms with E-state index in [-0.39, 0.29) is 11.6 Å². The number of ether oxygens (including phenoxy) is 3. The zero-order valence-corrected chi connectivity index (χ0v) is 14.1. The first-order valence-electron chi connectivity index (χ1n) is 7.36. The molecular formula is C18H20FNO4. The predicted molar refractivity (Wildman–Crippen MR) is 88.4 cm³/mol. The fraction of sp³-hybridized carbons (Fsp3) is 0.278. The molecule has 0 radical (unpaired) electrons. The number of carbonyl (C=O) groups excluding carboxylic acids is 1. The Kier molecular flexibility index (Phi) is 5.63. The van der Waals surface area contributed by atoms with E-state index in [1.54, 1.807) is 39.3 Å². The van der Waals surface area contributed by atoms with Gasteiger partial charge in [0, 0.05) is 5.56 Å². The molecule has 0 aliphatic rings. The van der Waals surface area contributed by atoms with Gasteiger partial charge in [0.05, 0.1) is 32.9 Å². The Morgan fingerprint density at radius 3 is 2.29 bits per heavy atom. The summed E-state index contributed by atoms with van der Waals surface area (Å²) in [6.45, 7) is 1.81. The van der Waals surface area contributed by atoms with Crippen LogP contribution < -0.4 is 19.5 Å². The molecule has 0 fully saturated rings. The van der Waals surface area contributed by atoms with Gasteiger partial charge >= 0.3 is 0 Å². The van der Waals surface area contributed by atoms with Crippen molar-refractivity contribution in [1.29, 1.82) is 0 Å². The lowest BCUT2D eigenvalue weighted by molar-refractivity contribution is 0.0936. The standard InChI is InChI=1S/C18H20FNO4/c1-11(14-10-13(22-2)6-8-16(14)23-3)20-18(21)15-9-12(19)5-7-17(15)24-4/h5-11H,1-4H3,(H,20,21). The van der Waals surface area contributed by atoms with Crippen molar-refractivity contribution in [2.24, 2.45) is 0 Å². The van der Waals surface area contributed by atoms with Crippen LogP contribution in [0.5, 0.6) is 17.2 Å². The zero-order chi connectivity index (χ0) is 17.7. The SMILES string of the molecule is COc1ccc(OC)c(C(C)NC(=O)c2cc(F)ccc2OC)c1. The smallest absolute Gasteiger partial charge is 0.255 e. The second-order valence-corrected chi connectivity index (χ2v) is 5.15. The highest BCUT2D eigenvalue weighted by Crippen LogP contribution is 2.30. The third kappa shape index (κ3) is 3.76. The number of hydrogen-bond acceptors (Lipinski definition) is 4. The van der Waals surface area contributed by atoms with Crippen molar-refractivity contribution < 1.29 is 23.4 Å². The van der Waals surface area contributed by atoms with E-state index in [0.29, 0.717) is 17.2 Å². The highest BCUT2D eigenvalue weighted by atomic mass is 19.1. The Labute approximate surface area is 140 Å². The van der Waals surface area contributed by atoms with Crippen LogP contribution in [0.15, 0.2) is 36.4 Å². The molecule has 0 aliphatic carbocycles. The van der Waals surface area contributed by atoms with Gasteiger partial charge in [-0.1, -0.05) is 0 Å². The van der Waals surface area contributed by atoms with Gasteiger partial charge in [-0.2, -0.15) is 0 Å². The van der Waals surface area contributed by atoms with Crippen LogP contribution in [-0.2, 0) is 0 Å². The summed E-state index contributed by atoms with van der Waals surface area (Å²) in [5, 5.41) is 2.82. The molecule has 0 bridgehead atoms. The van der Waals surface area contributed by atoms with Crippen LogP contribution in [0.2, 0.25) is 0 Å². The van der Waals surface area contributed by atoms with Gasteiger partial charge in [0.1, 0.15) is 23.1 Å². The molecule has 128 valence electrons. The molecule has 2 rings (SSSR count). The number of methoxy groups -OCH3 is 3. The van der Waals surface area contributed by atoms with Crippen molar-refractivity contribution in [3.63, 3.8) is 0 Å². The van der Waals surface area contributed by atoms with E-state index in [1.165, 1.54) is 19.2 Å². The Bertz CT molecular complexity index is 733. The quantitative estimate of drug-likeness (QED) is 0.881. The molecule has 0 saturated carbocycles. The predicted octanol–water partition coefficient (Wildman–Crippen LogP) is 3.34. The van der Waals surface area contributed by atoms with Gasteiger partial charge in [-0.15, -0.1) is 0 Å². The fourth-order valence-corrected chi connectivity index (χ4v) is 2.39. The maximum Gasteiger partial charge on any atom is 0.255 e. The van der Waals surface area contributed by atoms with Crippen molar-refractivity contribution >= 4 is 5.91 Å². The molecule has 2 aromatic rings.